The molecule has 0 spiro atoms. The molecule has 0 rings (SSSR count). The Balaban J connectivity index is 0. The Kier molecular flexibility index (Phi) is 28.6. The molecule has 0 radical (unpaired) electrons. The molecular formula is C14H30KNO6. The topological polar surface area (TPSA) is 81.4 Å². The summed E-state index contributed by atoms with van der Waals surface area (Å²) >= 11 is 0. The normalized spacial score (nSPS) is 10.6. The van der Waals surface area contributed by atoms with Crippen LogP contribution in [-0.2, 0) is 28.4 Å². The minimum atomic E-state index is 0. The summed E-state index contributed by atoms with van der Waals surface area (Å²) in [4.78, 5) is 0. The molecule has 7 nitrogen and oxygen atoms in total. The second-order valence-corrected chi connectivity index (χ2v) is 3.96. The van der Waals surface area contributed by atoms with Crippen LogP contribution in [0.3, 0.4) is 0 Å². The fraction of sp³-hybridized carbons (Fsp3) is 0.929. The van der Waals surface area contributed by atoms with E-state index in [1.54, 1.807) is 0 Å². The molecule has 0 fully saturated rings. The van der Waals surface area contributed by atoms with E-state index in [0.29, 0.717) is 85.8 Å². The van der Waals surface area contributed by atoms with Crippen molar-refractivity contribution in [3.63, 3.8) is 0 Å². The Morgan fingerprint density at radius 2 is 0.773 bits per heavy atom. The Hall–Kier alpha value is 1.36. The van der Waals surface area contributed by atoms with Gasteiger partial charge in [-0.25, -0.2) is 0 Å². The second-order valence-electron chi connectivity index (χ2n) is 3.96. The minimum Gasteiger partial charge on any atom is -0.411 e. The molecule has 0 aromatic rings. The molecule has 0 aliphatic heterocycles. The summed E-state index contributed by atoms with van der Waals surface area (Å²) in [6.45, 7) is 10.8. The van der Waals surface area contributed by atoms with Crippen LogP contribution in [0.4, 0.5) is 0 Å². The smallest absolute Gasteiger partial charge is 0.411 e. The molecular weight excluding hydrogens is 317 g/mol. The van der Waals surface area contributed by atoms with Gasteiger partial charge in [-0.15, -0.1) is 0 Å². The number of hydrogen-bond donors (Lipinski definition) is 1. The Labute approximate surface area is 176 Å². The second kappa shape index (κ2) is 24.6. The molecule has 0 aliphatic rings. The molecule has 0 saturated heterocycles. The van der Waals surface area contributed by atoms with E-state index >= 15 is 0 Å². The van der Waals surface area contributed by atoms with E-state index in [1.165, 1.54) is 0 Å². The molecule has 0 aromatic heterocycles. The Morgan fingerprint density at radius 1 is 0.500 bits per heavy atom. The number of ether oxygens (including phenoxy) is 6. The number of rotatable bonds is 18. The summed E-state index contributed by atoms with van der Waals surface area (Å²) in [6.07, 6.45) is 0. The van der Waals surface area contributed by atoms with Crippen LogP contribution in [-0.4, -0.2) is 85.8 Å². The SMILES string of the molecule is [CH2-]COCCOCCOCCOCCOCCOCCN.[K+]. The first-order chi connectivity index (χ1) is 10.4. The zero-order chi connectivity index (χ0) is 15.4. The fourth-order valence-electron chi connectivity index (χ4n) is 1.28. The van der Waals surface area contributed by atoms with Crippen molar-refractivity contribution in [2.75, 3.05) is 85.8 Å². The van der Waals surface area contributed by atoms with Gasteiger partial charge in [0.1, 0.15) is 0 Å². The Bertz CT molecular complexity index is 173. The van der Waals surface area contributed by atoms with Crippen molar-refractivity contribution in [3.05, 3.63) is 6.92 Å². The van der Waals surface area contributed by atoms with E-state index in [2.05, 4.69) is 6.92 Å². The van der Waals surface area contributed by atoms with Crippen LogP contribution in [0.5, 0.6) is 0 Å². The van der Waals surface area contributed by atoms with Crippen LogP contribution in [0, 0.1) is 6.92 Å². The number of nitrogens with two attached hydrogens (primary N) is 1. The van der Waals surface area contributed by atoms with Crippen molar-refractivity contribution in [1.29, 1.82) is 0 Å². The van der Waals surface area contributed by atoms with Gasteiger partial charge in [0.15, 0.2) is 0 Å². The van der Waals surface area contributed by atoms with Crippen molar-refractivity contribution in [2.45, 2.75) is 0 Å². The van der Waals surface area contributed by atoms with Gasteiger partial charge in [0.2, 0.25) is 0 Å². The van der Waals surface area contributed by atoms with Crippen LogP contribution in [0.2, 0.25) is 0 Å². The molecule has 0 saturated carbocycles. The largest absolute Gasteiger partial charge is 1.00 e. The van der Waals surface area contributed by atoms with E-state index in [4.69, 9.17) is 34.2 Å². The summed E-state index contributed by atoms with van der Waals surface area (Å²) in [5.41, 5.74) is 5.28. The summed E-state index contributed by atoms with van der Waals surface area (Å²) in [6, 6.07) is 0. The van der Waals surface area contributed by atoms with Crippen molar-refractivity contribution in [1.82, 2.24) is 0 Å². The van der Waals surface area contributed by atoms with E-state index in [1.807, 2.05) is 0 Å². The third-order valence-corrected chi connectivity index (χ3v) is 2.27. The average Bonchev–Trinajstić information content (AvgIpc) is 2.50. The molecule has 8 heteroatoms. The summed E-state index contributed by atoms with van der Waals surface area (Å²) < 4.78 is 31.5. The molecule has 0 aromatic carbocycles. The summed E-state index contributed by atoms with van der Waals surface area (Å²) in [5.74, 6) is 0. The van der Waals surface area contributed by atoms with Gasteiger partial charge in [0.25, 0.3) is 0 Å². The summed E-state index contributed by atoms with van der Waals surface area (Å²) in [5, 5.41) is 0. The molecule has 0 aliphatic carbocycles. The van der Waals surface area contributed by atoms with Crippen LogP contribution >= 0.6 is 0 Å². The third-order valence-electron chi connectivity index (χ3n) is 2.27. The first-order valence-corrected chi connectivity index (χ1v) is 7.37. The maximum absolute atomic E-state index is 5.34. The maximum atomic E-state index is 5.34. The van der Waals surface area contributed by atoms with Gasteiger partial charge in [0.05, 0.1) is 72.7 Å². The van der Waals surface area contributed by atoms with Gasteiger partial charge >= 0.3 is 51.4 Å². The van der Waals surface area contributed by atoms with Crippen LogP contribution in [0.25, 0.3) is 0 Å². The standard InChI is InChI=1S/C14H30NO6.K/c1-2-16-5-6-18-9-10-20-13-14-21-12-11-19-8-7-17-4-3-15;/h1-15H2;/q-1;+1. The quantitative estimate of drug-likeness (QED) is 0.160. The molecule has 0 heterocycles. The van der Waals surface area contributed by atoms with E-state index < -0.39 is 0 Å². The predicted octanol–water partition coefficient (Wildman–Crippen LogP) is -3.12. The molecule has 0 bridgehead atoms. The van der Waals surface area contributed by atoms with Crippen LogP contribution in [0.1, 0.15) is 0 Å². The van der Waals surface area contributed by atoms with Crippen molar-refractivity contribution in [3.8, 4) is 0 Å². The van der Waals surface area contributed by atoms with E-state index in [-0.39, 0.29) is 51.4 Å². The predicted molar refractivity (Wildman–Crippen MR) is 79.3 cm³/mol. The van der Waals surface area contributed by atoms with Gasteiger partial charge in [-0.2, -0.15) is 0 Å². The molecule has 2 N–H and O–H groups in total. The zero-order valence-corrected chi connectivity index (χ0v) is 17.0. The molecule has 0 atom stereocenters. The minimum absolute atomic E-state index is 0. The van der Waals surface area contributed by atoms with Crippen molar-refractivity contribution >= 4 is 0 Å². The summed E-state index contributed by atoms with van der Waals surface area (Å²) in [7, 11) is 0. The number of hydrogen-bond acceptors (Lipinski definition) is 7. The van der Waals surface area contributed by atoms with E-state index in [0.717, 1.165) is 0 Å². The van der Waals surface area contributed by atoms with Gasteiger partial charge in [-0.3, -0.25) is 0 Å². The van der Waals surface area contributed by atoms with Crippen LogP contribution < -0.4 is 57.1 Å². The van der Waals surface area contributed by atoms with Gasteiger partial charge in [0, 0.05) is 6.54 Å². The first-order valence-electron chi connectivity index (χ1n) is 7.37. The molecule has 22 heavy (non-hydrogen) atoms. The van der Waals surface area contributed by atoms with Gasteiger partial charge in [-0.05, 0) is 0 Å². The fourth-order valence-corrected chi connectivity index (χ4v) is 1.28. The van der Waals surface area contributed by atoms with Gasteiger partial charge < -0.3 is 41.1 Å². The van der Waals surface area contributed by atoms with Crippen LogP contribution in [0.15, 0.2) is 0 Å². The average molecular weight is 347 g/mol. The Morgan fingerprint density at radius 3 is 1.05 bits per heavy atom. The molecule has 0 unspecified atom stereocenters. The molecule has 128 valence electrons. The van der Waals surface area contributed by atoms with Crippen molar-refractivity contribution in [2.24, 2.45) is 5.73 Å². The monoisotopic (exact) mass is 347 g/mol. The van der Waals surface area contributed by atoms with Gasteiger partial charge in [-0.1, -0.05) is 6.61 Å². The first kappa shape index (κ1) is 25.6. The van der Waals surface area contributed by atoms with Crippen molar-refractivity contribution < 1.29 is 79.8 Å². The maximum Gasteiger partial charge on any atom is 1.00 e. The zero-order valence-electron chi connectivity index (χ0n) is 13.9. The third kappa shape index (κ3) is 23.6. The molecule has 0 amide bonds. The van der Waals surface area contributed by atoms with E-state index in [9.17, 15) is 0 Å².